The van der Waals surface area contributed by atoms with E-state index in [0.29, 0.717) is 11.9 Å². The molecule has 0 aliphatic carbocycles. The molecule has 1 aliphatic rings. The molecule has 0 spiro atoms. The van der Waals surface area contributed by atoms with Gasteiger partial charge in [-0.3, -0.25) is 0 Å². The van der Waals surface area contributed by atoms with Gasteiger partial charge in [-0.25, -0.2) is 9.37 Å². The Hall–Kier alpha value is -2.08. The summed E-state index contributed by atoms with van der Waals surface area (Å²) in [7, 11) is 2.12. The molecule has 2 aromatic rings. The van der Waals surface area contributed by atoms with E-state index < -0.39 is 0 Å². The van der Waals surface area contributed by atoms with Gasteiger partial charge in [-0.15, -0.1) is 10.2 Å². The van der Waals surface area contributed by atoms with E-state index in [-0.39, 0.29) is 11.7 Å². The Kier molecular flexibility index (Phi) is 4.52. The highest BCUT2D eigenvalue weighted by Gasteiger charge is 2.23. The van der Waals surface area contributed by atoms with Gasteiger partial charge < -0.3 is 10.2 Å². The summed E-state index contributed by atoms with van der Waals surface area (Å²) in [6.45, 7) is 5.96. The van der Waals surface area contributed by atoms with Gasteiger partial charge in [0.15, 0.2) is 5.82 Å². The van der Waals surface area contributed by atoms with Crippen molar-refractivity contribution in [2.45, 2.75) is 32.2 Å². The van der Waals surface area contributed by atoms with Gasteiger partial charge in [0.2, 0.25) is 0 Å². The van der Waals surface area contributed by atoms with Crippen molar-refractivity contribution >= 4 is 5.82 Å². The van der Waals surface area contributed by atoms with E-state index in [1.807, 2.05) is 13.8 Å². The average molecular weight is 315 g/mol. The SMILES string of the molecule is Cc1nnc([C@@H](C)c2ccc(F)cc2)c(N[C@H]2CCN(C)C2)n1. The van der Waals surface area contributed by atoms with Gasteiger partial charge in [-0.1, -0.05) is 19.1 Å². The first kappa shape index (κ1) is 15.8. The molecule has 3 rings (SSSR count). The summed E-state index contributed by atoms with van der Waals surface area (Å²) in [5, 5.41) is 12.0. The van der Waals surface area contributed by atoms with Gasteiger partial charge in [-0.2, -0.15) is 0 Å². The quantitative estimate of drug-likeness (QED) is 0.940. The third-order valence-electron chi connectivity index (χ3n) is 4.33. The third-order valence-corrected chi connectivity index (χ3v) is 4.33. The zero-order valence-electron chi connectivity index (χ0n) is 13.8. The van der Waals surface area contributed by atoms with E-state index in [1.54, 1.807) is 12.1 Å². The van der Waals surface area contributed by atoms with Crippen LogP contribution in [0.5, 0.6) is 0 Å². The number of hydrogen-bond donors (Lipinski definition) is 1. The minimum atomic E-state index is -0.235. The topological polar surface area (TPSA) is 53.9 Å². The number of halogens is 1. The van der Waals surface area contributed by atoms with Gasteiger partial charge in [-0.05, 0) is 44.6 Å². The second-order valence-corrected chi connectivity index (χ2v) is 6.26. The molecule has 1 N–H and O–H groups in total. The summed E-state index contributed by atoms with van der Waals surface area (Å²) in [5.74, 6) is 1.20. The molecule has 1 aromatic heterocycles. The van der Waals surface area contributed by atoms with Gasteiger partial charge in [0.1, 0.15) is 17.3 Å². The van der Waals surface area contributed by atoms with Crippen LogP contribution in [0, 0.1) is 12.7 Å². The molecule has 6 heteroatoms. The molecular formula is C17H22FN5. The lowest BCUT2D eigenvalue weighted by atomic mass is 9.97. The molecule has 0 amide bonds. The van der Waals surface area contributed by atoms with Crippen LogP contribution in [0.4, 0.5) is 10.2 Å². The van der Waals surface area contributed by atoms with Crippen molar-refractivity contribution in [3.05, 3.63) is 47.2 Å². The summed E-state index contributed by atoms with van der Waals surface area (Å²) in [6, 6.07) is 6.89. The fourth-order valence-corrected chi connectivity index (χ4v) is 2.97. The minimum absolute atomic E-state index is 0.00201. The van der Waals surface area contributed by atoms with Gasteiger partial charge >= 0.3 is 0 Å². The number of likely N-dealkylation sites (N-methyl/N-ethyl adjacent to an activating group) is 1. The molecule has 0 unspecified atom stereocenters. The van der Waals surface area contributed by atoms with E-state index in [9.17, 15) is 4.39 Å². The maximum atomic E-state index is 13.1. The summed E-state index contributed by atoms with van der Waals surface area (Å²) < 4.78 is 13.1. The molecule has 0 radical (unpaired) electrons. The summed E-state index contributed by atoms with van der Waals surface area (Å²) in [5.41, 5.74) is 1.80. The highest BCUT2D eigenvalue weighted by Crippen LogP contribution is 2.28. The zero-order chi connectivity index (χ0) is 16.4. The predicted molar refractivity (Wildman–Crippen MR) is 88.0 cm³/mol. The van der Waals surface area contributed by atoms with Crippen LogP contribution in [0.25, 0.3) is 0 Å². The first-order valence-corrected chi connectivity index (χ1v) is 7.94. The number of anilines is 1. The minimum Gasteiger partial charge on any atom is -0.364 e. The normalized spacial score (nSPS) is 19.7. The summed E-state index contributed by atoms with van der Waals surface area (Å²) in [4.78, 5) is 6.84. The van der Waals surface area contributed by atoms with Crippen molar-refractivity contribution in [3.8, 4) is 0 Å². The molecule has 2 atom stereocenters. The number of nitrogens with zero attached hydrogens (tertiary/aromatic N) is 4. The summed E-state index contributed by atoms with van der Waals surface area (Å²) >= 11 is 0. The smallest absolute Gasteiger partial charge is 0.152 e. The van der Waals surface area contributed by atoms with Crippen LogP contribution in [-0.4, -0.2) is 46.3 Å². The Morgan fingerprint density at radius 2 is 2.00 bits per heavy atom. The standard InChI is InChI=1S/C17H22FN5/c1-11(13-4-6-14(18)7-5-13)16-17(19-12(2)21-22-16)20-15-8-9-23(3)10-15/h4-7,11,15H,8-10H2,1-3H3,(H,19,20,21)/t11-,15-/m0/s1. The van der Waals surface area contributed by atoms with E-state index in [0.717, 1.165) is 36.6 Å². The molecule has 1 fully saturated rings. The number of aryl methyl sites for hydroxylation is 1. The van der Waals surface area contributed by atoms with Gasteiger partial charge in [0, 0.05) is 18.5 Å². The molecule has 0 saturated carbocycles. The van der Waals surface area contributed by atoms with Gasteiger partial charge in [0.25, 0.3) is 0 Å². The van der Waals surface area contributed by atoms with E-state index >= 15 is 0 Å². The monoisotopic (exact) mass is 315 g/mol. The Labute approximate surface area is 136 Å². The number of rotatable bonds is 4. The molecule has 0 bridgehead atoms. The lowest BCUT2D eigenvalue weighted by molar-refractivity contribution is 0.414. The van der Waals surface area contributed by atoms with Crippen LogP contribution in [-0.2, 0) is 0 Å². The molecule has 1 aliphatic heterocycles. The predicted octanol–water partition coefficient (Wildman–Crippen LogP) is 2.59. The van der Waals surface area contributed by atoms with Crippen LogP contribution in [0.3, 0.4) is 0 Å². The first-order valence-electron chi connectivity index (χ1n) is 7.94. The van der Waals surface area contributed by atoms with Crippen molar-refractivity contribution in [2.75, 3.05) is 25.5 Å². The van der Waals surface area contributed by atoms with Crippen molar-refractivity contribution in [1.82, 2.24) is 20.1 Å². The number of benzene rings is 1. The Morgan fingerprint density at radius 3 is 2.65 bits per heavy atom. The lowest BCUT2D eigenvalue weighted by Gasteiger charge is -2.19. The van der Waals surface area contributed by atoms with Crippen LogP contribution in [0.15, 0.2) is 24.3 Å². The number of nitrogens with one attached hydrogen (secondary N) is 1. The Balaban J connectivity index is 1.87. The van der Waals surface area contributed by atoms with Crippen molar-refractivity contribution in [3.63, 3.8) is 0 Å². The lowest BCUT2D eigenvalue weighted by Crippen LogP contribution is -2.25. The van der Waals surface area contributed by atoms with Crippen molar-refractivity contribution < 1.29 is 4.39 Å². The maximum Gasteiger partial charge on any atom is 0.152 e. The fourth-order valence-electron chi connectivity index (χ4n) is 2.97. The molecule has 122 valence electrons. The van der Waals surface area contributed by atoms with Crippen LogP contribution >= 0.6 is 0 Å². The maximum absolute atomic E-state index is 13.1. The van der Waals surface area contributed by atoms with Crippen LogP contribution < -0.4 is 5.32 Å². The second kappa shape index (κ2) is 6.58. The average Bonchev–Trinajstić information content (AvgIpc) is 2.93. The molecule has 1 saturated heterocycles. The molecule has 1 aromatic carbocycles. The number of hydrogen-bond acceptors (Lipinski definition) is 5. The van der Waals surface area contributed by atoms with Crippen LogP contribution in [0.2, 0.25) is 0 Å². The van der Waals surface area contributed by atoms with Crippen molar-refractivity contribution in [1.29, 1.82) is 0 Å². The highest BCUT2D eigenvalue weighted by atomic mass is 19.1. The first-order chi connectivity index (χ1) is 11.0. The van der Waals surface area contributed by atoms with Crippen molar-refractivity contribution in [2.24, 2.45) is 0 Å². The fraction of sp³-hybridized carbons (Fsp3) is 0.471. The molecule has 5 nitrogen and oxygen atoms in total. The molecular weight excluding hydrogens is 293 g/mol. The second-order valence-electron chi connectivity index (χ2n) is 6.26. The summed E-state index contributed by atoms with van der Waals surface area (Å²) in [6.07, 6.45) is 1.09. The Morgan fingerprint density at radius 1 is 1.26 bits per heavy atom. The van der Waals surface area contributed by atoms with E-state index in [2.05, 4.69) is 32.4 Å². The largest absolute Gasteiger partial charge is 0.364 e. The van der Waals surface area contributed by atoms with E-state index in [1.165, 1.54) is 12.1 Å². The third kappa shape index (κ3) is 3.64. The Bertz CT molecular complexity index is 673. The highest BCUT2D eigenvalue weighted by molar-refractivity contribution is 5.46. The number of aromatic nitrogens is 3. The number of likely N-dealkylation sites (tertiary alicyclic amines) is 1. The van der Waals surface area contributed by atoms with Crippen LogP contribution in [0.1, 0.15) is 36.3 Å². The zero-order valence-corrected chi connectivity index (χ0v) is 13.8. The molecule has 23 heavy (non-hydrogen) atoms. The molecule has 2 heterocycles. The van der Waals surface area contributed by atoms with Gasteiger partial charge in [0.05, 0.1) is 0 Å². The van der Waals surface area contributed by atoms with E-state index in [4.69, 9.17) is 0 Å².